The third kappa shape index (κ3) is 24.5. The molecule has 0 amide bonds. The van der Waals surface area contributed by atoms with E-state index >= 15 is 0 Å². The van der Waals surface area contributed by atoms with Gasteiger partial charge in [0.25, 0.3) is 0 Å². The molecule has 0 bridgehead atoms. The molecular formula is C40H75N3O14P2. The standard InChI is InChI=1S/C40H75N3O14P2/c1-3-5-7-9-11-13-14-15-16-17-19-21-23-25-29-52-30-33(55-36(44)26-24-22-20-18-12-10-8-6-4-2)31-53-58(48,49)57-59(50,51)54-32-34-37(45)38(46)39(56-34)43-28-27-35(41)42-40(43)47/h27-28,33-34,37-39,45-46H,3-26,29-32H2,1-2H3,(H,48,49)(H,50,51)(H2,41,42,47)/t33?,34?,37-,38+,39?/m1/s1. The number of nitrogens with two attached hydrogens (primary N) is 1. The Morgan fingerprint density at radius 3 is 1.78 bits per heavy atom. The second-order valence-corrected chi connectivity index (χ2v) is 18.6. The summed E-state index contributed by atoms with van der Waals surface area (Å²) in [5, 5.41) is 20.8. The van der Waals surface area contributed by atoms with Crippen LogP contribution in [0.3, 0.4) is 0 Å². The summed E-state index contributed by atoms with van der Waals surface area (Å²) in [6, 6.07) is 1.26. The maximum atomic E-state index is 12.8. The van der Waals surface area contributed by atoms with Crippen LogP contribution in [0.15, 0.2) is 17.1 Å². The van der Waals surface area contributed by atoms with E-state index in [1.54, 1.807) is 0 Å². The van der Waals surface area contributed by atoms with E-state index in [4.69, 9.17) is 29.0 Å². The summed E-state index contributed by atoms with van der Waals surface area (Å²) < 4.78 is 57.2. The number of carbonyl (C=O) groups is 1. The number of hydrogen-bond donors (Lipinski definition) is 5. The summed E-state index contributed by atoms with van der Waals surface area (Å²) in [6.45, 7) is 3.08. The summed E-state index contributed by atoms with van der Waals surface area (Å²) in [6.07, 6.45) is 20.6. The number of nitrogens with zero attached hydrogens (tertiary/aromatic N) is 2. The Labute approximate surface area is 351 Å². The molecule has 1 fully saturated rings. The fourth-order valence-electron chi connectivity index (χ4n) is 6.79. The normalized spacial score (nSPS) is 20.6. The molecule has 1 aromatic heterocycles. The van der Waals surface area contributed by atoms with Gasteiger partial charge in [-0.2, -0.15) is 9.29 Å². The van der Waals surface area contributed by atoms with Gasteiger partial charge in [-0.15, -0.1) is 0 Å². The van der Waals surface area contributed by atoms with E-state index in [1.807, 2.05) is 0 Å². The smallest absolute Gasteiger partial charge is 0.457 e. The van der Waals surface area contributed by atoms with E-state index in [2.05, 4.69) is 23.1 Å². The van der Waals surface area contributed by atoms with E-state index in [-0.39, 0.29) is 18.8 Å². The lowest BCUT2D eigenvalue weighted by molar-refractivity contribution is -0.154. The molecule has 0 saturated carbocycles. The van der Waals surface area contributed by atoms with Gasteiger partial charge in [0.15, 0.2) is 6.23 Å². The van der Waals surface area contributed by atoms with E-state index in [0.29, 0.717) is 13.0 Å². The minimum absolute atomic E-state index is 0.0838. The van der Waals surface area contributed by atoms with Crippen molar-refractivity contribution in [3.63, 3.8) is 0 Å². The molecule has 1 aliphatic rings. The number of carbonyl (C=O) groups excluding carboxylic acids is 1. The van der Waals surface area contributed by atoms with Crippen LogP contribution in [0, 0.1) is 0 Å². The molecule has 5 unspecified atom stereocenters. The van der Waals surface area contributed by atoms with Crippen LogP contribution in [0.25, 0.3) is 0 Å². The molecule has 0 radical (unpaired) electrons. The molecule has 2 rings (SSSR count). The van der Waals surface area contributed by atoms with Crippen LogP contribution in [0.1, 0.15) is 174 Å². The lowest BCUT2D eigenvalue weighted by Crippen LogP contribution is -2.36. The molecule has 1 saturated heterocycles. The number of nitrogen functional groups attached to an aromatic ring is 1. The van der Waals surface area contributed by atoms with Crippen LogP contribution < -0.4 is 11.4 Å². The van der Waals surface area contributed by atoms with E-state index in [0.717, 1.165) is 49.5 Å². The van der Waals surface area contributed by atoms with Crippen molar-refractivity contribution in [1.29, 1.82) is 0 Å². The van der Waals surface area contributed by atoms with Gasteiger partial charge in [0.05, 0.1) is 19.8 Å². The Bertz CT molecular complexity index is 1420. The Balaban J connectivity index is 1.79. The number of phosphoric ester groups is 2. The molecule has 17 nitrogen and oxygen atoms in total. The van der Waals surface area contributed by atoms with Crippen molar-refractivity contribution < 1.29 is 61.5 Å². The van der Waals surface area contributed by atoms with Gasteiger partial charge in [0, 0.05) is 19.2 Å². The highest BCUT2D eigenvalue weighted by Gasteiger charge is 2.46. The SMILES string of the molecule is CCCCCCCCCCCCCCCCOCC(COP(=O)(O)OP(=O)(O)OCC1OC(n2ccc(N)nc2=O)[C@@H](O)[C@@H]1O)OC(=O)CCCCCCCCCCC. The highest BCUT2D eigenvalue weighted by molar-refractivity contribution is 7.61. The van der Waals surface area contributed by atoms with Crippen molar-refractivity contribution in [2.24, 2.45) is 0 Å². The number of hydrogen-bond acceptors (Lipinski definition) is 14. The molecule has 1 aromatic rings. The van der Waals surface area contributed by atoms with Gasteiger partial charge < -0.3 is 39.9 Å². The van der Waals surface area contributed by atoms with Crippen molar-refractivity contribution >= 4 is 27.4 Å². The fraction of sp³-hybridized carbons (Fsp3) is 0.875. The average Bonchev–Trinajstić information content (AvgIpc) is 3.46. The van der Waals surface area contributed by atoms with E-state index < -0.39 is 71.2 Å². The van der Waals surface area contributed by atoms with Crippen LogP contribution >= 0.6 is 15.6 Å². The molecule has 0 spiro atoms. The number of ether oxygens (including phenoxy) is 3. The van der Waals surface area contributed by atoms with E-state index in [9.17, 15) is 38.7 Å². The van der Waals surface area contributed by atoms with Gasteiger partial charge in [-0.1, -0.05) is 149 Å². The fourth-order valence-corrected chi connectivity index (χ4v) is 8.90. The summed E-state index contributed by atoms with van der Waals surface area (Å²) in [4.78, 5) is 48.9. The van der Waals surface area contributed by atoms with Crippen molar-refractivity contribution in [3.05, 3.63) is 22.7 Å². The Kier molecular flexibility index (Phi) is 28.2. The Morgan fingerprint density at radius 2 is 1.25 bits per heavy atom. The Hall–Kier alpha value is -1.75. The zero-order chi connectivity index (χ0) is 43.4. The molecule has 6 N–H and O–H groups in total. The van der Waals surface area contributed by atoms with Gasteiger partial charge in [-0.3, -0.25) is 18.4 Å². The van der Waals surface area contributed by atoms with Gasteiger partial charge in [-0.05, 0) is 18.9 Å². The third-order valence-corrected chi connectivity index (χ3v) is 12.8. The molecule has 1 aliphatic heterocycles. The minimum Gasteiger partial charge on any atom is -0.457 e. The van der Waals surface area contributed by atoms with Gasteiger partial charge in [-0.25, -0.2) is 13.9 Å². The maximum absolute atomic E-state index is 12.8. The number of rotatable bonds is 37. The number of unbranched alkanes of at least 4 members (excludes halogenated alkanes) is 21. The van der Waals surface area contributed by atoms with Crippen LogP contribution in [0.5, 0.6) is 0 Å². The van der Waals surface area contributed by atoms with Gasteiger partial charge >= 0.3 is 27.3 Å². The van der Waals surface area contributed by atoms with Crippen molar-refractivity contribution in [3.8, 4) is 0 Å². The zero-order valence-electron chi connectivity index (χ0n) is 35.6. The van der Waals surface area contributed by atoms with Crippen molar-refractivity contribution in [1.82, 2.24) is 9.55 Å². The molecule has 2 heterocycles. The predicted molar refractivity (Wildman–Crippen MR) is 224 cm³/mol. The third-order valence-electron chi connectivity index (χ3n) is 10.2. The maximum Gasteiger partial charge on any atom is 0.481 e. The summed E-state index contributed by atoms with van der Waals surface area (Å²) in [7, 11) is -10.6. The second kappa shape index (κ2) is 31.1. The molecule has 0 aliphatic carbocycles. The first-order valence-corrected chi connectivity index (χ1v) is 25.1. The van der Waals surface area contributed by atoms with Crippen molar-refractivity contribution in [2.75, 3.05) is 32.2 Å². The number of aromatic nitrogens is 2. The second-order valence-electron chi connectivity index (χ2n) is 15.6. The lowest BCUT2D eigenvalue weighted by atomic mass is 10.0. The number of phosphoric acid groups is 2. The summed E-state index contributed by atoms with van der Waals surface area (Å²) in [5.74, 6) is -0.612. The molecule has 19 heteroatoms. The number of esters is 1. The first kappa shape index (κ1) is 53.4. The van der Waals surface area contributed by atoms with Crippen molar-refractivity contribution in [2.45, 2.75) is 199 Å². The molecule has 0 aromatic carbocycles. The summed E-state index contributed by atoms with van der Waals surface area (Å²) in [5.41, 5.74) is 4.60. The minimum atomic E-state index is -5.34. The monoisotopic (exact) mass is 883 g/mol. The first-order chi connectivity index (χ1) is 28.3. The lowest BCUT2D eigenvalue weighted by Gasteiger charge is -2.21. The van der Waals surface area contributed by atoms with E-state index in [1.165, 1.54) is 109 Å². The van der Waals surface area contributed by atoms with Gasteiger partial charge in [0.1, 0.15) is 30.2 Å². The van der Waals surface area contributed by atoms with Gasteiger partial charge in [0.2, 0.25) is 0 Å². The topological polar surface area (TPSA) is 248 Å². The molecule has 7 atom stereocenters. The van der Waals surface area contributed by atoms with Crippen LogP contribution in [-0.4, -0.2) is 86.4 Å². The number of anilines is 1. The summed E-state index contributed by atoms with van der Waals surface area (Å²) >= 11 is 0. The zero-order valence-corrected chi connectivity index (χ0v) is 37.4. The quantitative estimate of drug-likeness (QED) is 0.0241. The van der Waals surface area contributed by atoms with Crippen LogP contribution in [0.2, 0.25) is 0 Å². The molecular weight excluding hydrogens is 808 g/mol. The average molecular weight is 884 g/mol. The van der Waals surface area contributed by atoms with Crippen LogP contribution in [-0.2, 0) is 41.5 Å². The highest BCUT2D eigenvalue weighted by Crippen LogP contribution is 2.60. The largest absolute Gasteiger partial charge is 0.481 e. The number of aliphatic hydroxyl groups is 2. The molecule has 59 heavy (non-hydrogen) atoms. The highest BCUT2D eigenvalue weighted by atomic mass is 31.3. The molecule has 344 valence electrons. The predicted octanol–water partition coefficient (Wildman–Crippen LogP) is 8.03. The van der Waals surface area contributed by atoms with Crippen LogP contribution in [0.4, 0.5) is 5.82 Å². The number of aliphatic hydroxyl groups excluding tert-OH is 2. The Morgan fingerprint density at radius 1 is 0.763 bits per heavy atom. The first-order valence-electron chi connectivity index (χ1n) is 22.1.